The molecule has 2 rings (SSSR count). The molecule has 2 aromatic heterocycles. The van der Waals surface area contributed by atoms with E-state index in [4.69, 9.17) is 0 Å². The molecule has 0 fully saturated rings. The average molecular weight is 349 g/mol. The molecular weight excluding hydrogens is 332 g/mol. The number of hydrogen-bond donors (Lipinski definition) is 2. The minimum Gasteiger partial charge on any atom is -0.370 e. The standard InChI is InChI=1S/C15H17BrN4O/c1-4-17-14-12(7-11(16)8-18-14)15(21)20-13-6-9(2)5-10(3)19-13/h5-8H,4H2,1-3H3,(H,17,18)(H,19,20,21). The van der Waals surface area contributed by atoms with Crippen LogP contribution in [-0.4, -0.2) is 22.4 Å². The van der Waals surface area contributed by atoms with E-state index >= 15 is 0 Å². The fraction of sp³-hybridized carbons (Fsp3) is 0.267. The van der Waals surface area contributed by atoms with Crippen molar-refractivity contribution in [2.45, 2.75) is 20.8 Å². The highest BCUT2D eigenvalue weighted by Crippen LogP contribution is 2.19. The zero-order chi connectivity index (χ0) is 15.4. The number of aromatic nitrogens is 2. The first kappa shape index (κ1) is 15.4. The Morgan fingerprint density at radius 1 is 1.29 bits per heavy atom. The lowest BCUT2D eigenvalue weighted by molar-refractivity contribution is 0.102. The van der Waals surface area contributed by atoms with Gasteiger partial charge in [-0.1, -0.05) is 0 Å². The number of nitrogens with zero attached hydrogens (tertiary/aromatic N) is 2. The Balaban J connectivity index is 2.29. The average Bonchev–Trinajstić information content (AvgIpc) is 2.39. The summed E-state index contributed by atoms with van der Waals surface area (Å²) in [6, 6.07) is 5.53. The maximum atomic E-state index is 12.4. The molecule has 6 heteroatoms. The second kappa shape index (κ2) is 6.67. The van der Waals surface area contributed by atoms with E-state index in [9.17, 15) is 4.79 Å². The molecule has 0 saturated carbocycles. The van der Waals surface area contributed by atoms with E-state index in [1.807, 2.05) is 32.9 Å². The summed E-state index contributed by atoms with van der Waals surface area (Å²) in [4.78, 5) is 21.0. The maximum Gasteiger partial charge on any atom is 0.260 e. The predicted octanol–water partition coefficient (Wildman–Crippen LogP) is 3.54. The largest absolute Gasteiger partial charge is 0.370 e. The van der Waals surface area contributed by atoms with E-state index in [1.54, 1.807) is 12.3 Å². The molecule has 21 heavy (non-hydrogen) atoms. The van der Waals surface area contributed by atoms with Gasteiger partial charge in [0, 0.05) is 22.9 Å². The molecule has 2 aromatic rings. The Morgan fingerprint density at radius 2 is 2.05 bits per heavy atom. The maximum absolute atomic E-state index is 12.4. The topological polar surface area (TPSA) is 66.9 Å². The number of anilines is 2. The summed E-state index contributed by atoms with van der Waals surface area (Å²) in [6.07, 6.45) is 1.66. The first-order valence-electron chi connectivity index (χ1n) is 6.65. The van der Waals surface area contributed by atoms with Crippen molar-refractivity contribution in [3.8, 4) is 0 Å². The lowest BCUT2D eigenvalue weighted by atomic mass is 10.2. The molecule has 0 atom stereocenters. The molecule has 110 valence electrons. The highest BCUT2D eigenvalue weighted by molar-refractivity contribution is 9.10. The molecule has 0 saturated heterocycles. The van der Waals surface area contributed by atoms with Crippen LogP contribution in [0.4, 0.5) is 11.6 Å². The van der Waals surface area contributed by atoms with Gasteiger partial charge in [0.2, 0.25) is 0 Å². The summed E-state index contributed by atoms with van der Waals surface area (Å²) in [5.41, 5.74) is 2.40. The third-order valence-corrected chi connectivity index (χ3v) is 3.22. The van der Waals surface area contributed by atoms with Gasteiger partial charge < -0.3 is 10.6 Å². The van der Waals surface area contributed by atoms with E-state index in [0.29, 0.717) is 23.7 Å². The van der Waals surface area contributed by atoms with Crippen LogP contribution in [0.2, 0.25) is 0 Å². The van der Waals surface area contributed by atoms with Crippen molar-refractivity contribution in [3.05, 3.63) is 45.7 Å². The molecule has 0 aliphatic rings. The van der Waals surface area contributed by atoms with Crippen LogP contribution in [0.5, 0.6) is 0 Å². The van der Waals surface area contributed by atoms with Gasteiger partial charge in [0.15, 0.2) is 0 Å². The first-order chi connectivity index (χ1) is 9.99. The molecule has 0 aliphatic carbocycles. The third kappa shape index (κ3) is 4.01. The molecule has 0 aromatic carbocycles. The number of halogens is 1. The minimum atomic E-state index is -0.239. The quantitative estimate of drug-likeness (QED) is 0.886. The number of carbonyl (C=O) groups is 1. The molecule has 0 unspecified atom stereocenters. The van der Waals surface area contributed by atoms with Crippen molar-refractivity contribution in [2.24, 2.45) is 0 Å². The van der Waals surface area contributed by atoms with Crippen LogP contribution in [-0.2, 0) is 0 Å². The second-order valence-corrected chi connectivity index (χ2v) is 5.62. The normalized spacial score (nSPS) is 10.3. The van der Waals surface area contributed by atoms with Crippen molar-refractivity contribution in [1.29, 1.82) is 0 Å². The van der Waals surface area contributed by atoms with Crippen LogP contribution in [0.25, 0.3) is 0 Å². The van der Waals surface area contributed by atoms with Crippen LogP contribution >= 0.6 is 15.9 Å². The molecule has 2 heterocycles. The monoisotopic (exact) mass is 348 g/mol. The predicted molar refractivity (Wildman–Crippen MR) is 87.8 cm³/mol. The zero-order valence-corrected chi connectivity index (χ0v) is 13.8. The molecule has 0 bridgehead atoms. The molecule has 1 amide bonds. The fourth-order valence-electron chi connectivity index (χ4n) is 2.01. The summed E-state index contributed by atoms with van der Waals surface area (Å²) >= 11 is 3.34. The van der Waals surface area contributed by atoms with E-state index in [2.05, 4.69) is 36.5 Å². The Labute approximate surface area is 132 Å². The molecule has 0 aliphatic heterocycles. The van der Waals surface area contributed by atoms with E-state index in [0.717, 1.165) is 15.7 Å². The smallest absolute Gasteiger partial charge is 0.260 e. The number of rotatable bonds is 4. The van der Waals surface area contributed by atoms with Crippen molar-refractivity contribution < 1.29 is 4.79 Å². The first-order valence-corrected chi connectivity index (χ1v) is 7.45. The van der Waals surface area contributed by atoms with Gasteiger partial charge in [0.05, 0.1) is 5.56 Å². The Bertz CT molecular complexity index is 652. The van der Waals surface area contributed by atoms with Gasteiger partial charge in [-0.2, -0.15) is 0 Å². The van der Waals surface area contributed by atoms with Gasteiger partial charge in [0.25, 0.3) is 5.91 Å². The van der Waals surface area contributed by atoms with Crippen molar-refractivity contribution in [2.75, 3.05) is 17.2 Å². The summed E-state index contributed by atoms with van der Waals surface area (Å²) in [5, 5.41) is 5.89. The fourth-order valence-corrected chi connectivity index (χ4v) is 2.34. The van der Waals surface area contributed by atoms with Gasteiger partial charge in [-0.05, 0) is 60.5 Å². The zero-order valence-electron chi connectivity index (χ0n) is 12.2. The highest BCUT2D eigenvalue weighted by Gasteiger charge is 2.14. The molecule has 5 nitrogen and oxygen atoms in total. The molecule has 0 spiro atoms. The van der Waals surface area contributed by atoms with E-state index in [1.165, 1.54) is 0 Å². The summed E-state index contributed by atoms with van der Waals surface area (Å²) in [7, 11) is 0. The lowest BCUT2D eigenvalue weighted by Crippen LogP contribution is -2.17. The molecule has 0 radical (unpaired) electrons. The van der Waals surface area contributed by atoms with Crippen molar-refractivity contribution in [1.82, 2.24) is 9.97 Å². The van der Waals surface area contributed by atoms with Crippen molar-refractivity contribution in [3.63, 3.8) is 0 Å². The van der Waals surface area contributed by atoms with Crippen LogP contribution in [0, 0.1) is 13.8 Å². The SMILES string of the molecule is CCNc1ncc(Br)cc1C(=O)Nc1cc(C)cc(C)n1. The Kier molecular flexibility index (Phi) is 4.90. The van der Waals surface area contributed by atoms with Crippen LogP contribution in [0.3, 0.4) is 0 Å². The van der Waals surface area contributed by atoms with Crippen LogP contribution < -0.4 is 10.6 Å². The van der Waals surface area contributed by atoms with Gasteiger partial charge in [-0.15, -0.1) is 0 Å². The molecule has 2 N–H and O–H groups in total. The number of carbonyl (C=O) groups excluding carboxylic acids is 1. The number of pyridine rings is 2. The van der Waals surface area contributed by atoms with Crippen LogP contribution in [0.1, 0.15) is 28.5 Å². The number of hydrogen-bond acceptors (Lipinski definition) is 4. The van der Waals surface area contributed by atoms with Gasteiger partial charge >= 0.3 is 0 Å². The van der Waals surface area contributed by atoms with E-state index in [-0.39, 0.29) is 5.91 Å². The number of amides is 1. The van der Waals surface area contributed by atoms with Gasteiger partial charge in [0.1, 0.15) is 11.6 Å². The van der Waals surface area contributed by atoms with Gasteiger partial charge in [-0.25, -0.2) is 9.97 Å². The lowest BCUT2D eigenvalue weighted by Gasteiger charge is -2.11. The summed E-state index contributed by atoms with van der Waals surface area (Å²) in [6.45, 7) is 6.51. The third-order valence-electron chi connectivity index (χ3n) is 2.78. The second-order valence-electron chi connectivity index (χ2n) is 4.71. The summed E-state index contributed by atoms with van der Waals surface area (Å²) in [5.74, 6) is 0.861. The highest BCUT2D eigenvalue weighted by atomic mass is 79.9. The van der Waals surface area contributed by atoms with Gasteiger partial charge in [-0.3, -0.25) is 4.79 Å². The van der Waals surface area contributed by atoms with E-state index < -0.39 is 0 Å². The Hall–Kier alpha value is -1.95. The van der Waals surface area contributed by atoms with Crippen LogP contribution in [0.15, 0.2) is 28.9 Å². The Morgan fingerprint density at radius 3 is 2.71 bits per heavy atom. The minimum absolute atomic E-state index is 0.239. The summed E-state index contributed by atoms with van der Waals surface area (Å²) < 4.78 is 0.752. The van der Waals surface area contributed by atoms with Crippen molar-refractivity contribution >= 4 is 33.5 Å². The number of aryl methyl sites for hydroxylation is 2. The molecular formula is C15H17BrN4O. The number of nitrogens with one attached hydrogen (secondary N) is 2.